The van der Waals surface area contributed by atoms with Gasteiger partial charge in [-0.25, -0.2) is 15.0 Å². The second kappa shape index (κ2) is 6.05. The van der Waals surface area contributed by atoms with Gasteiger partial charge in [-0.15, -0.1) is 0 Å². The maximum atomic E-state index is 5.91. The third-order valence-electron chi connectivity index (χ3n) is 4.66. The van der Waals surface area contributed by atoms with Crippen LogP contribution in [0.4, 0.5) is 5.82 Å². The largest absolute Gasteiger partial charge is 0.382 e. The van der Waals surface area contributed by atoms with E-state index in [4.69, 9.17) is 5.73 Å². The van der Waals surface area contributed by atoms with Crippen LogP contribution in [0, 0.1) is 0 Å². The quantitative estimate of drug-likeness (QED) is 0.793. The molecule has 2 N–H and O–H groups in total. The predicted octanol–water partition coefficient (Wildman–Crippen LogP) is 3.58. The van der Waals surface area contributed by atoms with Crippen LogP contribution < -0.4 is 5.73 Å². The van der Waals surface area contributed by atoms with Crippen molar-refractivity contribution in [3.63, 3.8) is 0 Å². The second-order valence-electron chi connectivity index (χ2n) is 6.19. The molecule has 6 nitrogen and oxygen atoms in total. The topological polar surface area (TPSA) is 72.9 Å². The zero-order valence-electron chi connectivity index (χ0n) is 14.3. The van der Waals surface area contributed by atoms with Gasteiger partial charge in [-0.3, -0.25) is 4.57 Å². The summed E-state index contributed by atoms with van der Waals surface area (Å²) in [6, 6.07) is 10.5. The van der Waals surface area contributed by atoms with Crippen LogP contribution in [-0.4, -0.2) is 24.4 Å². The van der Waals surface area contributed by atoms with E-state index in [2.05, 4.69) is 70.2 Å². The molecule has 3 heterocycles. The molecule has 1 unspecified atom stereocenters. The fraction of sp³-hybridized carbons (Fsp3) is 0.211. The van der Waals surface area contributed by atoms with E-state index in [0.717, 1.165) is 12.1 Å². The number of imidazole rings is 1. The molecule has 1 aliphatic heterocycles. The van der Waals surface area contributed by atoms with Crippen molar-refractivity contribution in [2.75, 3.05) is 5.73 Å². The molecule has 4 rings (SSSR count). The SMILES string of the molecule is CC1=CCC(c2ccccc2)=CN1C(C)n1cnc2c(N)ncnc21. The highest BCUT2D eigenvalue weighted by Crippen LogP contribution is 2.31. The number of fused-ring (bicyclic) bond motifs is 1. The first-order valence-corrected chi connectivity index (χ1v) is 8.29. The van der Waals surface area contributed by atoms with Gasteiger partial charge in [0.05, 0.1) is 6.33 Å². The summed E-state index contributed by atoms with van der Waals surface area (Å²) in [5, 5.41) is 0. The van der Waals surface area contributed by atoms with Crippen molar-refractivity contribution in [1.29, 1.82) is 0 Å². The average Bonchev–Trinajstić information content (AvgIpc) is 3.08. The Morgan fingerprint density at radius 1 is 1.12 bits per heavy atom. The molecule has 0 radical (unpaired) electrons. The number of nitrogens with two attached hydrogens (primary N) is 1. The van der Waals surface area contributed by atoms with E-state index >= 15 is 0 Å². The molecular formula is C19H20N6. The first-order chi connectivity index (χ1) is 12.1. The molecule has 0 amide bonds. The number of nitrogen functional groups attached to an aromatic ring is 1. The molecule has 0 aliphatic carbocycles. The van der Waals surface area contributed by atoms with Crippen LogP contribution in [0.2, 0.25) is 0 Å². The summed E-state index contributed by atoms with van der Waals surface area (Å²) in [6.07, 6.45) is 8.67. The molecule has 25 heavy (non-hydrogen) atoms. The van der Waals surface area contributed by atoms with Gasteiger partial charge in [-0.1, -0.05) is 36.4 Å². The molecule has 0 saturated carbocycles. The Balaban J connectivity index is 1.73. The smallest absolute Gasteiger partial charge is 0.167 e. The van der Waals surface area contributed by atoms with Crippen molar-refractivity contribution in [3.8, 4) is 0 Å². The van der Waals surface area contributed by atoms with E-state index in [1.54, 1.807) is 6.33 Å². The Hall–Kier alpha value is -3.15. The lowest BCUT2D eigenvalue weighted by Crippen LogP contribution is -2.26. The molecule has 3 aromatic rings. The highest BCUT2D eigenvalue weighted by molar-refractivity contribution is 5.81. The van der Waals surface area contributed by atoms with Gasteiger partial charge >= 0.3 is 0 Å². The Labute approximate surface area is 146 Å². The van der Waals surface area contributed by atoms with E-state index in [1.165, 1.54) is 23.2 Å². The summed E-state index contributed by atoms with van der Waals surface area (Å²) in [4.78, 5) is 15.0. The molecule has 0 saturated heterocycles. The monoisotopic (exact) mass is 332 g/mol. The molecule has 1 aliphatic rings. The molecule has 6 heteroatoms. The lowest BCUT2D eigenvalue weighted by molar-refractivity contribution is 0.280. The summed E-state index contributed by atoms with van der Waals surface area (Å²) in [5.41, 5.74) is 11.0. The van der Waals surface area contributed by atoms with Crippen molar-refractivity contribution in [2.45, 2.75) is 26.4 Å². The van der Waals surface area contributed by atoms with E-state index in [1.807, 2.05) is 10.6 Å². The molecule has 1 atom stereocenters. The highest BCUT2D eigenvalue weighted by atomic mass is 15.3. The van der Waals surface area contributed by atoms with Gasteiger partial charge in [0.1, 0.15) is 18.0 Å². The van der Waals surface area contributed by atoms with E-state index in [9.17, 15) is 0 Å². The summed E-state index contributed by atoms with van der Waals surface area (Å²) >= 11 is 0. The van der Waals surface area contributed by atoms with Crippen molar-refractivity contribution < 1.29 is 0 Å². The number of anilines is 1. The van der Waals surface area contributed by atoms with Gasteiger partial charge in [0, 0.05) is 11.9 Å². The Morgan fingerprint density at radius 2 is 1.92 bits per heavy atom. The fourth-order valence-corrected chi connectivity index (χ4v) is 3.21. The van der Waals surface area contributed by atoms with Gasteiger partial charge in [-0.2, -0.15) is 0 Å². The average molecular weight is 332 g/mol. The minimum atomic E-state index is 0.0227. The van der Waals surface area contributed by atoms with Gasteiger partial charge in [0.15, 0.2) is 11.5 Å². The van der Waals surface area contributed by atoms with Crippen LogP contribution in [0.5, 0.6) is 0 Å². The molecular weight excluding hydrogens is 312 g/mol. The van der Waals surface area contributed by atoms with E-state index in [-0.39, 0.29) is 6.17 Å². The predicted molar refractivity (Wildman–Crippen MR) is 99.1 cm³/mol. The standard InChI is InChI=1S/C19H20N6/c1-13-8-9-16(15-6-4-3-5-7-15)10-24(13)14(2)25-12-23-17-18(20)21-11-22-19(17)25/h3-8,10-12,14H,9H2,1-2H3,(H2,20,21,22). The van der Waals surface area contributed by atoms with Crippen molar-refractivity contribution >= 4 is 22.6 Å². The number of allylic oxidation sites excluding steroid dienone is 3. The van der Waals surface area contributed by atoms with Crippen molar-refractivity contribution in [2.24, 2.45) is 0 Å². The third-order valence-corrected chi connectivity index (χ3v) is 4.66. The Bertz CT molecular complexity index is 970. The van der Waals surface area contributed by atoms with Gasteiger partial charge in [0.2, 0.25) is 0 Å². The van der Waals surface area contributed by atoms with Crippen LogP contribution in [0.1, 0.15) is 32.0 Å². The summed E-state index contributed by atoms with van der Waals surface area (Å²) in [7, 11) is 0. The fourth-order valence-electron chi connectivity index (χ4n) is 3.21. The molecule has 1 aromatic carbocycles. The van der Waals surface area contributed by atoms with E-state index in [0.29, 0.717) is 11.3 Å². The Kier molecular flexibility index (Phi) is 3.72. The minimum absolute atomic E-state index is 0.0227. The number of benzene rings is 1. The number of aromatic nitrogens is 4. The third kappa shape index (κ3) is 2.65. The number of hydrogen-bond donors (Lipinski definition) is 1. The molecule has 0 fully saturated rings. The number of nitrogens with zero attached hydrogens (tertiary/aromatic N) is 5. The van der Waals surface area contributed by atoms with Gasteiger partial charge < -0.3 is 10.6 Å². The van der Waals surface area contributed by atoms with E-state index < -0.39 is 0 Å². The molecule has 2 aromatic heterocycles. The summed E-state index contributed by atoms with van der Waals surface area (Å²) in [6.45, 7) is 4.25. The highest BCUT2D eigenvalue weighted by Gasteiger charge is 2.21. The van der Waals surface area contributed by atoms with Crippen molar-refractivity contribution in [3.05, 3.63) is 66.5 Å². The van der Waals surface area contributed by atoms with Crippen LogP contribution in [0.15, 0.2) is 61.0 Å². The lowest BCUT2D eigenvalue weighted by atomic mass is 10.0. The normalized spacial score (nSPS) is 15.8. The second-order valence-corrected chi connectivity index (χ2v) is 6.19. The van der Waals surface area contributed by atoms with Gasteiger partial charge in [0.25, 0.3) is 0 Å². The van der Waals surface area contributed by atoms with Crippen LogP contribution in [-0.2, 0) is 0 Å². The lowest BCUT2D eigenvalue weighted by Gasteiger charge is -2.33. The number of hydrogen-bond acceptors (Lipinski definition) is 5. The molecule has 0 bridgehead atoms. The maximum Gasteiger partial charge on any atom is 0.167 e. The molecule has 126 valence electrons. The minimum Gasteiger partial charge on any atom is -0.382 e. The maximum absolute atomic E-state index is 5.91. The summed E-state index contributed by atoms with van der Waals surface area (Å²) < 4.78 is 2.02. The molecule has 0 spiro atoms. The first-order valence-electron chi connectivity index (χ1n) is 8.29. The summed E-state index contributed by atoms with van der Waals surface area (Å²) in [5.74, 6) is 0.405. The Morgan fingerprint density at radius 3 is 2.72 bits per heavy atom. The number of rotatable bonds is 3. The van der Waals surface area contributed by atoms with Gasteiger partial charge in [-0.05, 0) is 31.4 Å². The van der Waals surface area contributed by atoms with Crippen molar-refractivity contribution in [1.82, 2.24) is 24.4 Å². The van der Waals surface area contributed by atoms with Crippen LogP contribution >= 0.6 is 0 Å². The zero-order valence-corrected chi connectivity index (χ0v) is 14.3. The first kappa shape index (κ1) is 15.4. The van der Waals surface area contributed by atoms with Crippen LogP contribution in [0.3, 0.4) is 0 Å². The van der Waals surface area contributed by atoms with Crippen LogP contribution in [0.25, 0.3) is 16.7 Å². The zero-order chi connectivity index (χ0) is 17.4.